The number of hydrogen-bond acceptors (Lipinski definition) is 4. The molecular formula is C14H20N2O2S. The molecule has 4 rings (SSSR count). The molecule has 5 heteroatoms. The van der Waals surface area contributed by atoms with Crippen molar-refractivity contribution in [3.8, 4) is 0 Å². The van der Waals surface area contributed by atoms with Gasteiger partial charge in [-0.05, 0) is 44.9 Å². The van der Waals surface area contributed by atoms with E-state index < -0.39 is 0 Å². The normalized spacial score (nSPS) is 40.3. The Hall–Kier alpha value is -0.550. The Morgan fingerprint density at radius 3 is 2.84 bits per heavy atom. The molecule has 3 atom stereocenters. The molecule has 0 N–H and O–H groups in total. The van der Waals surface area contributed by atoms with E-state index in [0.717, 1.165) is 23.9 Å². The van der Waals surface area contributed by atoms with Gasteiger partial charge in [0.2, 0.25) is 0 Å². The molecule has 104 valence electrons. The van der Waals surface area contributed by atoms with Crippen molar-refractivity contribution in [3.63, 3.8) is 0 Å². The number of aliphatic imine (C=N–C) groups is 1. The van der Waals surface area contributed by atoms with Gasteiger partial charge in [0.25, 0.3) is 5.91 Å². The summed E-state index contributed by atoms with van der Waals surface area (Å²) >= 11 is 1.73. The summed E-state index contributed by atoms with van der Waals surface area (Å²) in [6, 6.07) is 1.20. The fourth-order valence-corrected chi connectivity index (χ4v) is 5.53. The number of fused-ring (bicyclic) bond motifs is 2. The first kappa shape index (κ1) is 12.2. The van der Waals surface area contributed by atoms with Crippen LogP contribution in [0.5, 0.6) is 0 Å². The molecule has 0 aromatic rings. The highest BCUT2D eigenvalue weighted by atomic mass is 32.2. The number of likely N-dealkylation sites (tertiary alicyclic amines) is 1. The van der Waals surface area contributed by atoms with Crippen LogP contribution in [-0.4, -0.2) is 46.0 Å². The van der Waals surface area contributed by atoms with Gasteiger partial charge in [-0.2, -0.15) is 4.99 Å². The van der Waals surface area contributed by atoms with E-state index in [2.05, 4.69) is 16.8 Å². The van der Waals surface area contributed by atoms with Crippen LogP contribution < -0.4 is 0 Å². The maximum atomic E-state index is 12.3. The quantitative estimate of drug-likeness (QED) is 0.681. The largest absolute Gasteiger partial charge is 0.381 e. The van der Waals surface area contributed by atoms with Crippen LogP contribution in [0.4, 0.5) is 0 Å². The number of amidine groups is 1. The molecule has 4 aliphatic rings. The van der Waals surface area contributed by atoms with Crippen molar-refractivity contribution < 1.29 is 9.53 Å². The van der Waals surface area contributed by atoms with Crippen molar-refractivity contribution in [2.24, 2.45) is 10.9 Å². The lowest BCUT2D eigenvalue weighted by molar-refractivity contribution is -0.122. The smallest absolute Gasteiger partial charge is 0.264 e. The Balaban J connectivity index is 1.57. The highest BCUT2D eigenvalue weighted by Gasteiger charge is 2.52. The van der Waals surface area contributed by atoms with Gasteiger partial charge in [-0.1, -0.05) is 11.8 Å². The highest BCUT2D eigenvalue weighted by molar-refractivity contribution is 8.16. The number of hydrogen-bond donors (Lipinski definition) is 0. The molecule has 2 saturated heterocycles. The minimum Gasteiger partial charge on any atom is -0.381 e. The predicted molar refractivity (Wildman–Crippen MR) is 75.2 cm³/mol. The minimum absolute atomic E-state index is 0.0887. The number of thioether (sulfide) groups is 1. The number of amides is 1. The first-order valence-corrected chi connectivity index (χ1v) is 8.19. The zero-order valence-electron chi connectivity index (χ0n) is 11.3. The van der Waals surface area contributed by atoms with Gasteiger partial charge in [0.1, 0.15) is 4.75 Å². The maximum Gasteiger partial charge on any atom is 0.264 e. The highest BCUT2D eigenvalue weighted by Crippen LogP contribution is 2.49. The van der Waals surface area contributed by atoms with E-state index in [1.807, 2.05) is 0 Å². The van der Waals surface area contributed by atoms with Gasteiger partial charge < -0.3 is 9.64 Å². The lowest BCUT2D eigenvalue weighted by Crippen LogP contribution is -2.43. The molecule has 0 aromatic carbocycles. The summed E-state index contributed by atoms with van der Waals surface area (Å²) < 4.78 is 5.11. The van der Waals surface area contributed by atoms with Crippen LogP contribution in [0.15, 0.2) is 4.99 Å². The lowest BCUT2D eigenvalue weighted by atomic mass is 9.98. The third-order valence-corrected chi connectivity index (χ3v) is 6.81. The first-order valence-electron chi connectivity index (χ1n) is 7.38. The van der Waals surface area contributed by atoms with E-state index in [9.17, 15) is 4.79 Å². The van der Waals surface area contributed by atoms with Crippen LogP contribution in [0, 0.1) is 5.92 Å². The van der Waals surface area contributed by atoms with E-state index in [4.69, 9.17) is 4.74 Å². The molecular weight excluding hydrogens is 260 g/mol. The Bertz CT molecular complexity index is 443. The van der Waals surface area contributed by atoms with Crippen molar-refractivity contribution in [2.45, 2.75) is 55.9 Å². The van der Waals surface area contributed by atoms with E-state index in [0.29, 0.717) is 25.3 Å². The fraction of sp³-hybridized carbons (Fsp3) is 0.857. The molecule has 3 aliphatic heterocycles. The van der Waals surface area contributed by atoms with Crippen LogP contribution in [0.1, 0.15) is 39.0 Å². The second-order valence-corrected chi connectivity index (χ2v) is 7.63. The average molecular weight is 280 g/mol. The zero-order valence-corrected chi connectivity index (χ0v) is 12.1. The zero-order chi connectivity index (χ0) is 13.0. The summed E-state index contributed by atoms with van der Waals surface area (Å²) in [5.74, 6) is 0.903. The molecule has 0 unspecified atom stereocenters. The third kappa shape index (κ3) is 1.70. The predicted octanol–water partition coefficient (Wildman–Crippen LogP) is 2.04. The van der Waals surface area contributed by atoms with Crippen molar-refractivity contribution in [2.75, 3.05) is 13.2 Å². The standard InChI is InChI=1S/C14H20N2O2S/c1-9-10-2-3-11(8-10)16(9)13-15-12(17)14(19-13)4-6-18-7-5-14/h9-11H,2-8H2,1H3/t9-,10-,11+/m1/s1. The van der Waals surface area contributed by atoms with Gasteiger partial charge in [-0.15, -0.1) is 0 Å². The van der Waals surface area contributed by atoms with Crippen molar-refractivity contribution in [3.05, 3.63) is 0 Å². The molecule has 2 bridgehead atoms. The molecule has 0 aromatic heterocycles. The van der Waals surface area contributed by atoms with Gasteiger partial charge in [-0.25, -0.2) is 0 Å². The Kier molecular flexibility index (Phi) is 2.71. The van der Waals surface area contributed by atoms with Crippen LogP contribution in [0.3, 0.4) is 0 Å². The summed E-state index contributed by atoms with van der Waals surface area (Å²) in [7, 11) is 0. The Morgan fingerprint density at radius 1 is 1.37 bits per heavy atom. The van der Waals surface area contributed by atoms with Crippen molar-refractivity contribution in [1.29, 1.82) is 0 Å². The molecule has 4 nitrogen and oxygen atoms in total. The number of rotatable bonds is 0. The Morgan fingerprint density at radius 2 is 2.16 bits per heavy atom. The third-order valence-electron chi connectivity index (χ3n) is 5.35. The molecule has 1 saturated carbocycles. The Labute approximate surface area is 118 Å². The summed E-state index contributed by atoms with van der Waals surface area (Å²) in [5.41, 5.74) is 0. The van der Waals surface area contributed by atoms with Gasteiger partial charge in [0, 0.05) is 25.3 Å². The maximum absolute atomic E-state index is 12.3. The second kappa shape index (κ2) is 4.22. The van der Waals surface area contributed by atoms with Crippen LogP contribution in [-0.2, 0) is 9.53 Å². The van der Waals surface area contributed by atoms with E-state index in [-0.39, 0.29) is 10.7 Å². The van der Waals surface area contributed by atoms with E-state index in [1.54, 1.807) is 11.8 Å². The molecule has 1 aliphatic carbocycles. The monoisotopic (exact) mass is 280 g/mol. The number of piperidine rings is 1. The number of carbonyl (C=O) groups is 1. The topological polar surface area (TPSA) is 41.9 Å². The molecule has 3 heterocycles. The summed E-state index contributed by atoms with van der Waals surface area (Å²) in [6.45, 7) is 3.69. The van der Waals surface area contributed by atoms with E-state index in [1.165, 1.54) is 19.3 Å². The summed E-state index contributed by atoms with van der Waals surface area (Å²) in [4.78, 5) is 19.2. The van der Waals surface area contributed by atoms with E-state index >= 15 is 0 Å². The summed E-state index contributed by atoms with van der Waals surface area (Å²) in [5, 5.41) is 1.01. The SMILES string of the molecule is C[C@@H]1[C@@H]2CC[C@@H](C2)N1C1=NC(=O)C2(CCOCC2)S1. The van der Waals surface area contributed by atoms with Gasteiger partial charge in [-0.3, -0.25) is 4.79 Å². The molecule has 3 fully saturated rings. The minimum atomic E-state index is -0.296. The molecule has 1 spiro atoms. The van der Waals surface area contributed by atoms with Crippen LogP contribution in [0.2, 0.25) is 0 Å². The second-order valence-electron chi connectivity index (χ2n) is 6.28. The van der Waals surface area contributed by atoms with Gasteiger partial charge >= 0.3 is 0 Å². The van der Waals surface area contributed by atoms with Gasteiger partial charge in [0.05, 0.1) is 0 Å². The van der Waals surface area contributed by atoms with Crippen molar-refractivity contribution >= 4 is 22.8 Å². The molecule has 0 radical (unpaired) electrons. The summed E-state index contributed by atoms with van der Waals surface area (Å²) in [6.07, 6.45) is 5.57. The molecule has 19 heavy (non-hydrogen) atoms. The van der Waals surface area contributed by atoms with Crippen LogP contribution in [0.25, 0.3) is 0 Å². The van der Waals surface area contributed by atoms with Gasteiger partial charge in [0.15, 0.2) is 5.17 Å². The van der Waals surface area contributed by atoms with Crippen LogP contribution >= 0.6 is 11.8 Å². The number of carbonyl (C=O) groups excluding carboxylic acids is 1. The first-order chi connectivity index (χ1) is 9.20. The average Bonchev–Trinajstić information content (AvgIpc) is 3.06. The molecule has 1 amide bonds. The fourth-order valence-electron chi connectivity index (χ4n) is 4.13. The lowest BCUT2D eigenvalue weighted by Gasteiger charge is -2.36. The number of nitrogens with zero attached hydrogens (tertiary/aromatic N) is 2. The van der Waals surface area contributed by atoms with Crippen molar-refractivity contribution in [1.82, 2.24) is 4.90 Å². The number of ether oxygens (including phenoxy) is 1.